The summed E-state index contributed by atoms with van der Waals surface area (Å²) in [5, 5.41) is 0.661. The van der Waals surface area contributed by atoms with Crippen molar-refractivity contribution in [1.82, 2.24) is 0 Å². The first kappa shape index (κ1) is 23.2. The van der Waals surface area contributed by atoms with Gasteiger partial charge < -0.3 is 4.74 Å². The number of hydrogen-bond donors (Lipinski definition) is 1. The van der Waals surface area contributed by atoms with Crippen LogP contribution < -0.4 is 9.46 Å². The fourth-order valence-corrected chi connectivity index (χ4v) is 4.78. The molecule has 0 saturated heterocycles. The van der Waals surface area contributed by atoms with Gasteiger partial charge in [-0.25, -0.2) is 8.42 Å². The van der Waals surface area contributed by atoms with Crippen LogP contribution in [-0.4, -0.2) is 15.5 Å². The molecule has 0 aromatic heterocycles. The molecule has 31 heavy (non-hydrogen) atoms. The molecule has 1 N–H and O–H groups in total. The topological polar surface area (TPSA) is 55.4 Å². The van der Waals surface area contributed by atoms with Crippen LogP contribution in [0.15, 0.2) is 65.6 Å². The molecular formula is C25H28ClNO3S. The third kappa shape index (κ3) is 5.60. The zero-order valence-electron chi connectivity index (χ0n) is 18.1. The molecule has 0 aliphatic carbocycles. The van der Waals surface area contributed by atoms with E-state index in [9.17, 15) is 8.42 Å². The van der Waals surface area contributed by atoms with Crippen LogP contribution >= 0.6 is 11.6 Å². The molecule has 0 unspecified atom stereocenters. The normalized spacial score (nSPS) is 11.4. The number of benzene rings is 3. The van der Waals surface area contributed by atoms with Crippen LogP contribution in [0, 0.1) is 0 Å². The first-order valence-electron chi connectivity index (χ1n) is 10.5. The van der Waals surface area contributed by atoms with Crippen LogP contribution in [-0.2, 0) is 22.9 Å². The number of nitrogens with one attached hydrogen (secondary N) is 1. The molecular weight excluding hydrogens is 430 g/mol. The summed E-state index contributed by atoms with van der Waals surface area (Å²) in [6, 6.07) is 18.1. The van der Waals surface area contributed by atoms with E-state index >= 15 is 0 Å². The zero-order valence-corrected chi connectivity index (χ0v) is 19.7. The third-order valence-electron chi connectivity index (χ3n) is 5.15. The molecule has 4 nitrogen and oxygen atoms in total. The number of halogens is 1. The van der Waals surface area contributed by atoms with Crippen molar-refractivity contribution in [2.45, 2.75) is 44.4 Å². The summed E-state index contributed by atoms with van der Waals surface area (Å²) in [4.78, 5) is 0.196. The standard InChI is InChI=1S/C25H28ClNO3S/c1-4-6-20-16-24(25(30-3)17-21(20)7-5-2)27-31(28,29)23-14-10-19(11-15-23)18-8-12-22(26)13-9-18/h8-17,27H,4-7H2,1-3H3. The number of methoxy groups -OCH3 is 1. The molecule has 0 bridgehead atoms. The van der Waals surface area contributed by atoms with E-state index in [1.807, 2.05) is 36.4 Å². The van der Waals surface area contributed by atoms with Gasteiger partial charge in [0, 0.05) is 5.02 Å². The molecule has 6 heteroatoms. The van der Waals surface area contributed by atoms with E-state index in [2.05, 4.69) is 18.6 Å². The number of rotatable bonds is 9. The smallest absolute Gasteiger partial charge is 0.262 e. The number of aryl methyl sites for hydroxylation is 2. The van der Waals surface area contributed by atoms with E-state index in [1.165, 1.54) is 5.56 Å². The quantitative estimate of drug-likeness (QED) is 0.388. The minimum Gasteiger partial charge on any atom is -0.495 e. The van der Waals surface area contributed by atoms with E-state index in [4.69, 9.17) is 16.3 Å². The Balaban J connectivity index is 1.90. The minimum atomic E-state index is -3.76. The molecule has 0 aliphatic rings. The van der Waals surface area contributed by atoms with Gasteiger partial charge in [0.15, 0.2) is 0 Å². The highest BCUT2D eigenvalue weighted by molar-refractivity contribution is 7.92. The van der Waals surface area contributed by atoms with Crippen LogP contribution in [0.2, 0.25) is 5.02 Å². The fraction of sp³-hybridized carbons (Fsp3) is 0.280. The second-order valence-electron chi connectivity index (χ2n) is 7.46. The number of ether oxygens (including phenoxy) is 1. The minimum absolute atomic E-state index is 0.196. The van der Waals surface area contributed by atoms with Gasteiger partial charge in [-0.05, 0) is 71.5 Å². The molecule has 0 atom stereocenters. The van der Waals surface area contributed by atoms with Crippen molar-refractivity contribution in [3.05, 3.63) is 76.8 Å². The Hall–Kier alpha value is -2.50. The summed E-state index contributed by atoms with van der Waals surface area (Å²) in [7, 11) is -2.20. The Bertz CT molecular complexity index is 1120. The first-order valence-corrected chi connectivity index (χ1v) is 12.3. The highest BCUT2D eigenvalue weighted by Gasteiger charge is 2.18. The van der Waals surface area contributed by atoms with Gasteiger partial charge in [0.25, 0.3) is 10.0 Å². The molecule has 0 amide bonds. The predicted molar refractivity (Wildman–Crippen MR) is 129 cm³/mol. The van der Waals surface area contributed by atoms with Crippen LogP contribution in [0.4, 0.5) is 5.69 Å². The Morgan fingerprint density at radius 3 is 1.87 bits per heavy atom. The molecule has 0 spiro atoms. The first-order chi connectivity index (χ1) is 14.9. The largest absolute Gasteiger partial charge is 0.495 e. The lowest BCUT2D eigenvalue weighted by Crippen LogP contribution is -2.14. The summed E-state index contributed by atoms with van der Waals surface area (Å²) >= 11 is 5.95. The van der Waals surface area contributed by atoms with Gasteiger partial charge in [-0.1, -0.05) is 62.6 Å². The maximum Gasteiger partial charge on any atom is 0.262 e. The van der Waals surface area contributed by atoms with Gasteiger partial charge in [-0.15, -0.1) is 0 Å². The van der Waals surface area contributed by atoms with Crippen LogP contribution in [0.3, 0.4) is 0 Å². The SMILES string of the molecule is CCCc1cc(NS(=O)(=O)c2ccc(-c3ccc(Cl)cc3)cc2)c(OC)cc1CCC. The zero-order chi connectivity index (χ0) is 22.4. The van der Waals surface area contributed by atoms with Crippen molar-refractivity contribution in [3.8, 4) is 16.9 Å². The predicted octanol–water partition coefficient (Wildman–Crippen LogP) is 6.72. The van der Waals surface area contributed by atoms with Crippen molar-refractivity contribution in [2.24, 2.45) is 0 Å². The van der Waals surface area contributed by atoms with E-state index < -0.39 is 10.0 Å². The summed E-state index contributed by atoms with van der Waals surface area (Å²) in [6.07, 6.45) is 3.83. The second kappa shape index (κ2) is 10.2. The Kier molecular flexibility index (Phi) is 7.63. The van der Waals surface area contributed by atoms with Gasteiger partial charge in [0.05, 0.1) is 17.7 Å². The van der Waals surface area contributed by atoms with Gasteiger partial charge in [-0.3, -0.25) is 4.72 Å². The summed E-state index contributed by atoms with van der Waals surface area (Å²) in [6.45, 7) is 4.25. The average molecular weight is 458 g/mol. The van der Waals surface area contributed by atoms with Crippen molar-refractivity contribution in [3.63, 3.8) is 0 Å². The average Bonchev–Trinajstić information content (AvgIpc) is 2.76. The Labute approximate surface area is 190 Å². The van der Waals surface area contributed by atoms with E-state index in [0.29, 0.717) is 16.5 Å². The van der Waals surface area contributed by atoms with Crippen molar-refractivity contribution in [2.75, 3.05) is 11.8 Å². The molecule has 0 fully saturated rings. The summed E-state index contributed by atoms with van der Waals surface area (Å²) in [5.41, 5.74) is 4.71. The van der Waals surface area contributed by atoms with Gasteiger partial charge in [0.1, 0.15) is 5.75 Å². The molecule has 3 aromatic rings. The lowest BCUT2D eigenvalue weighted by molar-refractivity contribution is 0.416. The van der Waals surface area contributed by atoms with Crippen molar-refractivity contribution < 1.29 is 13.2 Å². The van der Waals surface area contributed by atoms with Crippen LogP contribution in [0.5, 0.6) is 5.75 Å². The molecule has 3 aromatic carbocycles. The molecule has 164 valence electrons. The highest BCUT2D eigenvalue weighted by atomic mass is 35.5. The van der Waals surface area contributed by atoms with Crippen molar-refractivity contribution >= 4 is 27.3 Å². The number of sulfonamides is 1. The molecule has 3 rings (SSSR count). The second-order valence-corrected chi connectivity index (χ2v) is 9.58. The van der Waals surface area contributed by atoms with E-state index in [1.54, 1.807) is 31.4 Å². The van der Waals surface area contributed by atoms with E-state index in [-0.39, 0.29) is 4.90 Å². The number of hydrogen-bond acceptors (Lipinski definition) is 3. The maximum absolute atomic E-state index is 13.1. The Morgan fingerprint density at radius 1 is 0.839 bits per heavy atom. The fourth-order valence-electron chi connectivity index (χ4n) is 3.59. The maximum atomic E-state index is 13.1. The lowest BCUT2D eigenvalue weighted by atomic mass is 9.98. The van der Waals surface area contributed by atoms with Crippen LogP contribution in [0.25, 0.3) is 11.1 Å². The number of anilines is 1. The van der Waals surface area contributed by atoms with Gasteiger partial charge >= 0.3 is 0 Å². The molecule has 0 radical (unpaired) electrons. The Morgan fingerprint density at radius 2 is 1.35 bits per heavy atom. The van der Waals surface area contributed by atoms with Crippen molar-refractivity contribution in [1.29, 1.82) is 0 Å². The summed E-state index contributed by atoms with van der Waals surface area (Å²) in [5.74, 6) is 0.532. The third-order valence-corrected chi connectivity index (χ3v) is 6.78. The monoisotopic (exact) mass is 457 g/mol. The lowest BCUT2D eigenvalue weighted by Gasteiger charge is -2.17. The van der Waals surface area contributed by atoms with Gasteiger partial charge in [-0.2, -0.15) is 0 Å². The van der Waals surface area contributed by atoms with Gasteiger partial charge in [0.2, 0.25) is 0 Å². The molecule has 0 aliphatic heterocycles. The molecule has 0 heterocycles. The van der Waals surface area contributed by atoms with E-state index in [0.717, 1.165) is 42.4 Å². The van der Waals surface area contributed by atoms with Crippen LogP contribution in [0.1, 0.15) is 37.8 Å². The molecule has 0 saturated carbocycles. The summed E-state index contributed by atoms with van der Waals surface area (Å²) < 4.78 is 34.3. The highest BCUT2D eigenvalue weighted by Crippen LogP contribution is 2.32.